The fraction of sp³-hybridized carbons (Fsp3) is 0.650. The summed E-state index contributed by atoms with van der Waals surface area (Å²) >= 11 is 0. The van der Waals surface area contributed by atoms with Crippen molar-refractivity contribution in [1.29, 1.82) is 0 Å². The minimum absolute atomic E-state index is 0.000701. The standard InChI is InChI=1S/C20H31N3O2/c1-23-12-4-5-15(13-22-20(24)17-6-3-7-18(17)21)19(23)14-8-10-16(25-2)11-9-14/h8-11,15,17-19H,3-7,12-13,21H2,1-2H3,(H,22,24)/t15-,17+,18-,19+/m0/s1. The predicted molar refractivity (Wildman–Crippen MR) is 99.4 cm³/mol. The van der Waals surface area contributed by atoms with E-state index >= 15 is 0 Å². The van der Waals surface area contributed by atoms with Crippen molar-refractivity contribution in [2.45, 2.75) is 44.2 Å². The number of methoxy groups -OCH3 is 1. The molecule has 3 rings (SSSR count). The third-order valence-electron chi connectivity index (χ3n) is 5.91. The largest absolute Gasteiger partial charge is 0.497 e. The van der Waals surface area contributed by atoms with Gasteiger partial charge in [-0.2, -0.15) is 0 Å². The molecule has 5 nitrogen and oxygen atoms in total. The van der Waals surface area contributed by atoms with Gasteiger partial charge in [0.1, 0.15) is 5.75 Å². The van der Waals surface area contributed by atoms with Crippen molar-refractivity contribution >= 4 is 5.91 Å². The van der Waals surface area contributed by atoms with Crippen LogP contribution in [0.1, 0.15) is 43.7 Å². The molecule has 1 saturated carbocycles. The van der Waals surface area contributed by atoms with E-state index in [1.807, 2.05) is 12.1 Å². The molecule has 2 fully saturated rings. The normalized spacial score (nSPS) is 30.2. The van der Waals surface area contributed by atoms with Crippen molar-refractivity contribution in [3.8, 4) is 5.75 Å². The molecule has 1 heterocycles. The van der Waals surface area contributed by atoms with Crippen LogP contribution in [0.2, 0.25) is 0 Å². The van der Waals surface area contributed by atoms with Crippen LogP contribution in [-0.4, -0.2) is 44.1 Å². The maximum atomic E-state index is 12.5. The summed E-state index contributed by atoms with van der Waals surface area (Å²) in [6.45, 7) is 1.82. The lowest BCUT2D eigenvalue weighted by Gasteiger charge is -2.40. The number of carbonyl (C=O) groups is 1. The van der Waals surface area contributed by atoms with E-state index in [9.17, 15) is 4.79 Å². The van der Waals surface area contributed by atoms with Gasteiger partial charge in [-0.05, 0) is 62.9 Å². The second-order valence-electron chi connectivity index (χ2n) is 7.55. The molecule has 1 aliphatic carbocycles. The molecule has 1 aromatic rings. The first-order valence-electron chi connectivity index (χ1n) is 9.47. The second-order valence-corrected chi connectivity index (χ2v) is 7.55. The molecule has 4 atom stereocenters. The molecule has 1 aromatic carbocycles. The number of benzene rings is 1. The topological polar surface area (TPSA) is 67.6 Å². The number of ether oxygens (including phenoxy) is 1. The van der Waals surface area contributed by atoms with Gasteiger partial charge < -0.3 is 15.8 Å². The molecule has 2 aliphatic rings. The van der Waals surface area contributed by atoms with Crippen molar-refractivity contribution in [3.05, 3.63) is 29.8 Å². The van der Waals surface area contributed by atoms with E-state index in [0.29, 0.717) is 12.0 Å². The molecule has 0 aromatic heterocycles. The first-order chi connectivity index (χ1) is 12.1. The number of nitrogens with zero attached hydrogens (tertiary/aromatic N) is 1. The third-order valence-corrected chi connectivity index (χ3v) is 5.91. The van der Waals surface area contributed by atoms with Gasteiger partial charge in [-0.15, -0.1) is 0 Å². The zero-order valence-electron chi connectivity index (χ0n) is 15.4. The predicted octanol–water partition coefficient (Wildman–Crippen LogP) is 2.32. The Kier molecular flexibility index (Phi) is 5.97. The van der Waals surface area contributed by atoms with Crippen molar-refractivity contribution in [3.63, 3.8) is 0 Å². The SMILES string of the molecule is COc1ccc([C@@H]2[C@H](CNC(=O)[C@@H]3CCC[C@@H]3N)CCCN2C)cc1. The molecular weight excluding hydrogens is 314 g/mol. The zero-order chi connectivity index (χ0) is 17.8. The fourth-order valence-corrected chi connectivity index (χ4v) is 4.48. The number of likely N-dealkylation sites (tertiary alicyclic amines) is 1. The first-order valence-corrected chi connectivity index (χ1v) is 9.47. The Morgan fingerprint density at radius 3 is 2.64 bits per heavy atom. The number of rotatable bonds is 5. The Bertz CT molecular complexity index is 575. The number of piperidine rings is 1. The van der Waals surface area contributed by atoms with Gasteiger partial charge in [0.25, 0.3) is 0 Å². The molecule has 1 saturated heterocycles. The molecule has 0 spiro atoms. The average Bonchev–Trinajstić information content (AvgIpc) is 3.06. The number of hydrogen-bond acceptors (Lipinski definition) is 4. The van der Waals surface area contributed by atoms with E-state index in [2.05, 4.69) is 29.4 Å². The summed E-state index contributed by atoms with van der Waals surface area (Å²) in [4.78, 5) is 14.9. The van der Waals surface area contributed by atoms with Gasteiger partial charge in [0.2, 0.25) is 5.91 Å². The van der Waals surface area contributed by atoms with Crippen molar-refractivity contribution < 1.29 is 9.53 Å². The van der Waals surface area contributed by atoms with Crippen molar-refractivity contribution in [2.75, 3.05) is 27.2 Å². The summed E-state index contributed by atoms with van der Waals surface area (Å²) in [6, 6.07) is 8.69. The zero-order valence-corrected chi connectivity index (χ0v) is 15.4. The van der Waals surface area contributed by atoms with Crippen LogP contribution in [-0.2, 0) is 4.79 Å². The van der Waals surface area contributed by atoms with Crippen LogP contribution < -0.4 is 15.8 Å². The van der Waals surface area contributed by atoms with Gasteiger partial charge in [0, 0.05) is 18.6 Å². The highest BCUT2D eigenvalue weighted by atomic mass is 16.5. The van der Waals surface area contributed by atoms with Crippen LogP contribution in [0, 0.1) is 11.8 Å². The van der Waals surface area contributed by atoms with Crippen LogP contribution in [0.15, 0.2) is 24.3 Å². The Labute approximate surface area is 150 Å². The van der Waals surface area contributed by atoms with E-state index in [0.717, 1.165) is 44.5 Å². The smallest absolute Gasteiger partial charge is 0.224 e. The minimum atomic E-state index is 0.000701. The Hall–Kier alpha value is -1.59. The Morgan fingerprint density at radius 2 is 2.00 bits per heavy atom. The quantitative estimate of drug-likeness (QED) is 0.859. The van der Waals surface area contributed by atoms with E-state index in [1.165, 1.54) is 12.0 Å². The molecule has 25 heavy (non-hydrogen) atoms. The summed E-state index contributed by atoms with van der Waals surface area (Å²) in [5.74, 6) is 1.45. The lowest BCUT2D eigenvalue weighted by atomic mass is 9.84. The lowest BCUT2D eigenvalue weighted by Crippen LogP contribution is -2.44. The summed E-state index contributed by atoms with van der Waals surface area (Å²) in [5.41, 5.74) is 7.37. The number of hydrogen-bond donors (Lipinski definition) is 2. The Balaban J connectivity index is 1.66. The molecule has 3 N–H and O–H groups in total. The molecule has 0 unspecified atom stereocenters. The summed E-state index contributed by atoms with van der Waals surface area (Å²) in [5, 5.41) is 3.20. The average molecular weight is 345 g/mol. The number of carbonyl (C=O) groups excluding carboxylic acids is 1. The van der Waals surface area contributed by atoms with E-state index < -0.39 is 0 Å². The summed E-state index contributed by atoms with van der Waals surface area (Å²) < 4.78 is 5.27. The van der Waals surface area contributed by atoms with Crippen LogP contribution >= 0.6 is 0 Å². The molecule has 1 aliphatic heterocycles. The maximum Gasteiger partial charge on any atom is 0.224 e. The molecule has 0 radical (unpaired) electrons. The number of nitrogens with one attached hydrogen (secondary N) is 1. The van der Waals surface area contributed by atoms with Gasteiger partial charge >= 0.3 is 0 Å². The highest BCUT2D eigenvalue weighted by Gasteiger charge is 2.33. The maximum absolute atomic E-state index is 12.5. The highest BCUT2D eigenvalue weighted by Crippen LogP contribution is 2.35. The highest BCUT2D eigenvalue weighted by molar-refractivity contribution is 5.79. The molecule has 0 bridgehead atoms. The van der Waals surface area contributed by atoms with Gasteiger partial charge in [0.05, 0.1) is 13.0 Å². The van der Waals surface area contributed by atoms with Crippen LogP contribution in [0.4, 0.5) is 0 Å². The van der Waals surface area contributed by atoms with E-state index in [1.54, 1.807) is 7.11 Å². The summed E-state index contributed by atoms with van der Waals surface area (Å²) in [7, 11) is 3.86. The molecular formula is C20H31N3O2. The Morgan fingerprint density at radius 1 is 1.24 bits per heavy atom. The van der Waals surface area contributed by atoms with Crippen molar-refractivity contribution in [2.24, 2.45) is 17.6 Å². The van der Waals surface area contributed by atoms with Gasteiger partial charge in [-0.25, -0.2) is 0 Å². The van der Waals surface area contributed by atoms with Crippen LogP contribution in [0.3, 0.4) is 0 Å². The van der Waals surface area contributed by atoms with Gasteiger partial charge in [-0.1, -0.05) is 18.6 Å². The molecule has 1 amide bonds. The lowest BCUT2D eigenvalue weighted by molar-refractivity contribution is -0.125. The van der Waals surface area contributed by atoms with E-state index in [4.69, 9.17) is 10.5 Å². The fourth-order valence-electron chi connectivity index (χ4n) is 4.48. The van der Waals surface area contributed by atoms with Crippen LogP contribution in [0.25, 0.3) is 0 Å². The van der Waals surface area contributed by atoms with Gasteiger partial charge in [-0.3, -0.25) is 9.69 Å². The molecule has 5 heteroatoms. The number of amides is 1. The van der Waals surface area contributed by atoms with Crippen LogP contribution in [0.5, 0.6) is 5.75 Å². The van der Waals surface area contributed by atoms with Crippen molar-refractivity contribution in [1.82, 2.24) is 10.2 Å². The minimum Gasteiger partial charge on any atom is -0.497 e. The molecule has 138 valence electrons. The monoisotopic (exact) mass is 345 g/mol. The number of nitrogens with two attached hydrogens (primary N) is 1. The first kappa shape index (κ1) is 18.2. The van der Waals surface area contributed by atoms with E-state index in [-0.39, 0.29) is 17.9 Å². The second kappa shape index (κ2) is 8.19. The third kappa shape index (κ3) is 4.15. The van der Waals surface area contributed by atoms with Gasteiger partial charge in [0.15, 0.2) is 0 Å². The summed E-state index contributed by atoms with van der Waals surface area (Å²) in [6.07, 6.45) is 5.28.